The molecule has 2 rings (SSSR count). The molecule has 4 N–H and O–H groups in total. The fraction of sp³-hybridized carbons (Fsp3) is 0.133. The SMILES string of the molecule is CNC(=O)c1ccc(N)cc1Nc1ccc(Br)cc1C. The first-order valence-corrected chi connectivity index (χ1v) is 6.95. The number of nitrogens with one attached hydrogen (secondary N) is 2. The van der Waals surface area contributed by atoms with Gasteiger partial charge in [-0.3, -0.25) is 4.79 Å². The zero-order valence-electron chi connectivity index (χ0n) is 11.3. The highest BCUT2D eigenvalue weighted by Gasteiger charge is 2.11. The topological polar surface area (TPSA) is 67.2 Å². The molecule has 2 aromatic carbocycles. The maximum atomic E-state index is 11.9. The maximum Gasteiger partial charge on any atom is 0.253 e. The van der Waals surface area contributed by atoms with Gasteiger partial charge in [-0.1, -0.05) is 15.9 Å². The lowest BCUT2D eigenvalue weighted by Gasteiger charge is -2.14. The number of carbonyl (C=O) groups excluding carboxylic acids is 1. The zero-order valence-corrected chi connectivity index (χ0v) is 12.9. The van der Waals surface area contributed by atoms with Crippen LogP contribution in [-0.2, 0) is 0 Å². The second-order valence-electron chi connectivity index (χ2n) is 4.47. The minimum Gasteiger partial charge on any atom is -0.399 e. The summed E-state index contributed by atoms with van der Waals surface area (Å²) in [7, 11) is 1.60. The van der Waals surface area contributed by atoms with Gasteiger partial charge in [0.25, 0.3) is 5.91 Å². The van der Waals surface area contributed by atoms with Crippen LogP contribution in [0.1, 0.15) is 15.9 Å². The lowest BCUT2D eigenvalue weighted by Crippen LogP contribution is -2.19. The van der Waals surface area contributed by atoms with E-state index < -0.39 is 0 Å². The Bertz CT molecular complexity index is 656. The molecule has 0 aliphatic heterocycles. The van der Waals surface area contributed by atoms with E-state index >= 15 is 0 Å². The van der Waals surface area contributed by atoms with Crippen LogP contribution in [-0.4, -0.2) is 13.0 Å². The molecular weight excluding hydrogens is 318 g/mol. The number of carbonyl (C=O) groups is 1. The first kappa shape index (κ1) is 14.4. The van der Waals surface area contributed by atoms with Gasteiger partial charge >= 0.3 is 0 Å². The Morgan fingerprint density at radius 2 is 1.90 bits per heavy atom. The fourth-order valence-electron chi connectivity index (χ4n) is 1.91. The molecule has 0 bridgehead atoms. The monoisotopic (exact) mass is 333 g/mol. The number of halogens is 1. The molecule has 5 heteroatoms. The largest absolute Gasteiger partial charge is 0.399 e. The summed E-state index contributed by atoms with van der Waals surface area (Å²) < 4.78 is 1.01. The Kier molecular flexibility index (Phi) is 4.29. The molecule has 0 aromatic heterocycles. The molecule has 0 saturated heterocycles. The van der Waals surface area contributed by atoms with E-state index in [2.05, 4.69) is 26.6 Å². The van der Waals surface area contributed by atoms with Crippen LogP contribution in [0.4, 0.5) is 17.1 Å². The minimum atomic E-state index is -0.151. The lowest BCUT2D eigenvalue weighted by molar-refractivity contribution is 0.0964. The Hall–Kier alpha value is -2.01. The highest BCUT2D eigenvalue weighted by atomic mass is 79.9. The van der Waals surface area contributed by atoms with Crippen LogP contribution < -0.4 is 16.4 Å². The molecule has 104 valence electrons. The van der Waals surface area contributed by atoms with E-state index in [0.717, 1.165) is 15.7 Å². The molecule has 0 aliphatic rings. The Labute approximate surface area is 126 Å². The van der Waals surface area contributed by atoms with Crippen LogP contribution in [0.2, 0.25) is 0 Å². The van der Waals surface area contributed by atoms with E-state index in [-0.39, 0.29) is 5.91 Å². The first-order valence-electron chi connectivity index (χ1n) is 6.16. The summed E-state index contributed by atoms with van der Waals surface area (Å²) in [6.07, 6.45) is 0. The molecule has 0 aliphatic carbocycles. The third-order valence-corrected chi connectivity index (χ3v) is 3.47. The van der Waals surface area contributed by atoms with Crippen molar-refractivity contribution in [1.82, 2.24) is 5.32 Å². The van der Waals surface area contributed by atoms with E-state index in [9.17, 15) is 4.79 Å². The van der Waals surface area contributed by atoms with Gasteiger partial charge < -0.3 is 16.4 Å². The van der Waals surface area contributed by atoms with Crippen molar-refractivity contribution in [3.63, 3.8) is 0 Å². The number of hydrogen-bond donors (Lipinski definition) is 3. The summed E-state index contributed by atoms with van der Waals surface area (Å²) in [4.78, 5) is 11.9. The van der Waals surface area contributed by atoms with Crippen LogP contribution in [0.5, 0.6) is 0 Å². The third-order valence-electron chi connectivity index (χ3n) is 2.97. The molecular formula is C15H16BrN3O. The van der Waals surface area contributed by atoms with Gasteiger partial charge in [-0.25, -0.2) is 0 Å². The normalized spacial score (nSPS) is 10.2. The summed E-state index contributed by atoms with van der Waals surface area (Å²) in [5.41, 5.74) is 9.67. The van der Waals surface area contributed by atoms with Crippen molar-refractivity contribution in [1.29, 1.82) is 0 Å². The van der Waals surface area contributed by atoms with Gasteiger partial charge in [-0.15, -0.1) is 0 Å². The number of rotatable bonds is 3. The second-order valence-corrected chi connectivity index (χ2v) is 5.38. The van der Waals surface area contributed by atoms with E-state index in [4.69, 9.17) is 5.73 Å². The molecule has 0 radical (unpaired) electrons. The Balaban J connectivity index is 2.41. The third kappa shape index (κ3) is 3.11. The summed E-state index contributed by atoms with van der Waals surface area (Å²) in [6.45, 7) is 2.00. The summed E-state index contributed by atoms with van der Waals surface area (Å²) >= 11 is 3.43. The van der Waals surface area contributed by atoms with Gasteiger partial charge in [0.05, 0.1) is 11.3 Å². The molecule has 1 amide bonds. The van der Waals surface area contributed by atoms with Gasteiger partial charge in [-0.05, 0) is 48.9 Å². The highest BCUT2D eigenvalue weighted by molar-refractivity contribution is 9.10. The Morgan fingerprint density at radius 1 is 1.15 bits per heavy atom. The number of amides is 1. The van der Waals surface area contributed by atoms with Gasteiger partial charge in [-0.2, -0.15) is 0 Å². The average molecular weight is 334 g/mol. The van der Waals surface area contributed by atoms with E-state index in [1.165, 1.54) is 0 Å². The summed E-state index contributed by atoms with van der Waals surface area (Å²) in [6, 6.07) is 11.1. The zero-order chi connectivity index (χ0) is 14.7. The number of hydrogen-bond acceptors (Lipinski definition) is 3. The standard InChI is InChI=1S/C15H16BrN3O/c1-9-7-10(16)3-6-13(9)19-14-8-11(17)4-5-12(14)15(20)18-2/h3-8,19H,17H2,1-2H3,(H,18,20). The molecule has 20 heavy (non-hydrogen) atoms. The summed E-state index contributed by atoms with van der Waals surface area (Å²) in [5, 5.41) is 5.89. The van der Waals surface area contributed by atoms with Crippen molar-refractivity contribution >= 4 is 38.9 Å². The van der Waals surface area contributed by atoms with Crippen molar-refractivity contribution < 1.29 is 4.79 Å². The van der Waals surface area contributed by atoms with E-state index in [1.807, 2.05) is 25.1 Å². The number of nitrogen functional groups attached to an aromatic ring is 1. The van der Waals surface area contributed by atoms with Crippen LogP contribution in [0.15, 0.2) is 40.9 Å². The highest BCUT2D eigenvalue weighted by Crippen LogP contribution is 2.27. The molecule has 0 atom stereocenters. The van der Waals surface area contributed by atoms with Crippen molar-refractivity contribution in [2.24, 2.45) is 0 Å². The van der Waals surface area contributed by atoms with Crippen LogP contribution in [0.3, 0.4) is 0 Å². The smallest absolute Gasteiger partial charge is 0.253 e. The predicted molar refractivity (Wildman–Crippen MR) is 86.4 cm³/mol. The number of benzene rings is 2. The molecule has 0 heterocycles. The molecule has 2 aromatic rings. The fourth-order valence-corrected chi connectivity index (χ4v) is 2.39. The van der Waals surface area contributed by atoms with Crippen LogP contribution in [0.25, 0.3) is 0 Å². The van der Waals surface area contributed by atoms with Gasteiger partial charge in [0, 0.05) is 22.9 Å². The number of nitrogens with two attached hydrogens (primary N) is 1. The number of aryl methyl sites for hydroxylation is 1. The molecule has 0 unspecified atom stereocenters. The second kappa shape index (κ2) is 5.96. The van der Waals surface area contributed by atoms with Crippen molar-refractivity contribution in [3.05, 3.63) is 52.0 Å². The van der Waals surface area contributed by atoms with Crippen molar-refractivity contribution in [3.8, 4) is 0 Å². The minimum absolute atomic E-state index is 0.151. The van der Waals surface area contributed by atoms with Crippen LogP contribution in [0, 0.1) is 6.92 Å². The molecule has 0 saturated carbocycles. The van der Waals surface area contributed by atoms with Gasteiger partial charge in [0.2, 0.25) is 0 Å². The van der Waals surface area contributed by atoms with E-state index in [1.54, 1.807) is 25.2 Å². The average Bonchev–Trinajstić information content (AvgIpc) is 2.41. The molecule has 0 spiro atoms. The molecule has 0 fully saturated rings. The maximum absolute atomic E-state index is 11.9. The van der Waals surface area contributed by atoms with Crippen LogP contribution >= 0.6 is 15.9 Å². The quantitative estimate of drug-likeness (QED) is 0.753. The van der Waals surface area contributed by atoms with Crippen molar-refractivity contribution in [2.75, 3.05) is 18.1 Å². The van der Waals surface area contributed by atoms with Gasteiger partial charge in [0.1, 0.15) is 0 Å². The van der Waals surface area contributed by atoms with Gasteiger partial charge in [0.15, 0.2) is 0 Å². The van der Waals surface area contributed by atoms with Crippen molar-refractivity contribution in [2.45, 2.75) is 6.92 Å². The Morgan fingerprint density at radius 3 is 2.55 bits per heavy atom. The lowest BCUT2D eigenvalue weighted by atomic mass is 10.1. The van der Waals surface area contributed by atoms with E-state index in [0.29, 0.717) is 16.9 Å². The molecule has 4 nitrogen and oxygen atoms in total. The first-order chi connectivity index (χ1) is 9.51. The summed E-state index contributed by atoms with van der Waals surface area (Å²) in [5.74, 6) is -0.151. The predicted octanol–water partition coefficient (Wildman–Crippen LogP) is 3.44. The number of anilines is 3.